The molecule has 26 heavy (non-hydrogen) atoms. The molecule has 1 atom stereocenters. The summed E-state index contributed by atoms with van der Waals surface area (Å²) in [6.07, 6.45) is 1.13. The van der Waals surface area contributed by atoms with Gasteiger partial charge in [0, 0.05) is 18.3 Å². The summed E-state index contributed by atoms with van der Waals surface area (Å²) in [7, 11) is 0. The molecule has 6 heteroatoms. The van der Waals surface area contributed by atoms with E-state index in [0.29, 0.717) is 11.4 Å². The first-order valence-electron chi connectivity index (χ1n) is 8.33. The van der Waals surface area contributed by atoms with E-state index in [1.165, 1.54) is 12.1 Å². The monoisotopic (exact) mass is 353 g/mol. The lowest BCUT2D eigenvalue weighted by molar-refractivity contribution is -0.127. The van der Waals surface area contributed by atoms with Gasteiger partial charge in [0.1, 0.15) is 5.82 Å². The summed E-state index contributed by atoms with van der Waals surface area (Å²) >= 11 is 0. The topological polar surface area (TPSA) is 56.2 Å². The fourth-order valence-electron chi connectivity index (χ4n) is 2.47. The normalized spacial score (nSPS) is 11.8. The highest BCUT2D eigenvalue weighted by molar-refractivity contribution is 5.80. The van der Waals surface area contributed by atoms with Crippen LogP contribution in [0.3, 0.4) is 0 Å². The molecule has 0 aliphatic heterocycles. The number of carbonyl (C=O) groups excluding carboxylic acids is 1. The summed E-state index contributed by atoms with van der Waals surface area (Å²) < 4.78 is 20.6. The van der Waals surface area contributed by atoms with Crippen molar-refractivity contribution < 1.29 is 13.9 Å². The van der Waals surface area contributed by atoms with Crippen LogP contribution >= 0.6 is 0 Å². The Balaban J connectivity index is 1.61. The van der Waals surface area contributed by atoms with Gasteiger partial charge in [-0.1, -0.05) is 30.3 Å². The van der Waals surface area contributed by atoms with Gasteiger partial charge >= 0.3 is 0 Å². The molecule has 0 aliphatic carbocycles. The van der Waals surface area contributed by atoms with Crippen LogP contribution in [-0.2, 0) is 11.3 Å². The van der Waals surface area contributed by atoms with E-state index in [2.05, 4.69) is 10.4 Å². The number of aromatic nitrogens is 2. The van der Waals surface area contributed by atoms with Gasteiger partial charge in [-0.25, -0.2) is 9.07 Å². The minimum Gasteiger partial charge on any atom is -0.463 e. The maximum atomic E-state index is 13.2. The van der Waals surface area contributed by atoms with Crippen molar-refractivity contribution in [3.63, 3.8) is 0 Å². The number of hydrogen-bond acceptors (Lipinski definition) is 3. The number of aryl methyl sites for hydroxylation is 1. The van der Waals surface area contributed by atoms with Crippen LogP contribution in [0.15, 0.2) is 60.8 Å². The first-order valence-corrected chi connectivity index (χ1v) is 8.33. The molecule has 1 N–H and O–H groups in total. The van der Waals surface area contributed by atoms with Crippen molar-refractivity contribution in [3.05, 3.63) is 77.7 Å². The Hall–Kier alpha value is -3.15. The lowest BCUT2D eigenvalue weighted by Gasteiger charge is -2.13. The highest BCUT2D eigenvalue weighted by Crippen LogP contribution is 2.19. The van der Waals surface area contributed by atoms with Crippen LogP contribution in [0.1, 0.15) is 18.1 Å². The second-order valence-electron chi connectivity index (χ2n) is 6.01. The van der Waals surface area contributed by atoms with Crippen LogP contribution in [-0.4, -0.2) is 21.8 Å². The predicted molar refractivity (Wildman–Crippen MR) is 96.6 cm³/mol. The van der Waals surface area contributed by atoms with Gasteiger partial charge in [0.25, 0.3) is 5.91 Å². The van der Waals surface area contributed by atoms with Gasteiger partial charge in [0.2, 0.25) is 5.88 Å². The maximum Gasteiger partial charge on any atom is 0.261 e. The lowest BCUT2D eigenvalue weighted by atomic mass is 10.2. The predicted octanol–water partition coefficient (Wildman–Crippen LogP) is 3.40. The molecule has 0 saturated heterocycles. The molecule has 2 aromatic carbocycles. The van der Waals surface area contributed by atoms with Crippen molar-refractivity contribution in [1.29, 1.82) is 0 Å². The molecular weight excluding hydrogens is 333 g/mol. The Kier molecular flexibility index (Phi) is 5.31. The van der Waals surface area contributed by atoms with Gasteiger partial charge in [-0.2, -0.15) is 0 Å². The number of para-hydroxylation sites is 1. The first kappa shape index (κ1) is 17.7. The van der Waals surface area contributed by atoms with E-state index >= 15 is 0 Å². The van der Waals surface area contributed by atoms with Crippen LogP contribution in [0, 0.1) is 12.7 Å². The Bertz CT molecular complexity index is 893. The zero-order chi connectivity index (χ0) is 18.5. The average Bonchev–Trinajstić information content (AvgIpc) is 3.01. The first-order chi connectivity index (χ1) is 12.5. The van der Waals surface area contributed by atoms with Crippen LogP contribution in [0.4, 0.5) is 4.39 Å². The molecule has 0 radical (unpaired) electrons. The third-order valence-electron chi connectivity index (χ3n) is 3.89. The Morgan fingerprint density at radius 1 is 1.23 bits per heavy atom. The van der Waals surface area contributed by atoms with Crippen molar-refractivity contribution >= 4 is 5.91 Å². The molecule has 5 nitrogen and oxygen atoms in total. The second kappa shape index (κ2) is 7.82. The molecule has 0 fully saturated rings. The van der Waals surface area contributed by atoms with Crippen molar-refractivity contribution in [3.8, 4) is 11.6 Å². The summed E-state index contributed by atoms with van der Waals surface area (Å²) in [5.74, 6) is -0.215. The van der Waals surface area contributed by atoms with Crippen molar-refractivity contribution in [2.45, 2.75) is 26.5 Å². The lowest BCUT2D eigenvalue weighted by Crippen LogP contribution is -2.36. The standard InChI is InChI=1S/C20H20FN3O2/c1-14-13-24(18-9-4-3-5-10-18)23-20(14)26-15(2)19(25)22-12-16-7-6-8-17(21)11-16/h3-11,13,15H,12H2,1-2H3,(H,22,25)/t15-/m0/s1. The third kappa shape index (κ3) is 4.27. The summed E-state index contributed by atoms with van der Waals surface area (Å²) in [6, 6.07) is 15.8. The second-order valence-corrected chi connectivity index (χ2v) is 6.01. The van der Waals surface area contributed by atoms with Gasteiger partial charge in [-0.3, -0.25) is 4.79 Å². The van der Waals surface area contributed by atoms with E-state index in [9.17, 15) is 9.18 Å². The van der Waals surface area contributed by atoms with Crippen LogP contribution in [0.25, 0.3) is 5.69 Å². The molecule has 0 bridgehead atoms. The quantitative estimate of drug-likeness (QED) is 0.739. The molecule has 0 spiro atoms. The zero-order valence-electron chi connectivity index (χ0n) is 14.6. The van der Waals surface area contributed by atoms with Crippen molar-refractivity contribution in [2.24, 2.45) is 0 Å². The number of ether oxygens (including phenoxy) is 1. The van der Waals surface area contributed by atoms with Crippen molar-refractivity contribution in [2.75, 3.05) is 0 Å². The maximum absolute atomic E-state index is 13.2. The number of nitrogens with zero attached hydrogens (tertiary/aromatic N) is 2. The van der Waals surface area contributed by atoms with Gasteiger partial charge < -0.3 is 10.1 Å². The molecule has 1 heterocycles. The average molecular weight is 353 g/mol. The largest absolute Gasteiger partial charge is 0.463 e. The van der Waals surface area contributed by atoms with Crippen molar-refractivity contribution in [1.82, 2.24) is 15.1 Å². The van der Waals surface area contributed by atoms with E-state index in [1.807, 2.05) is 43.5 Å². The molecule has 3 aromatic rings. The minimum absolute atomic E-state index is 0.238. The van der Waals surface area contributed by atoms with Crippen LogP contribution in [0.5, 0.6) is 5.88 Å². The number of amides is 1. The molecule has 3 rings (SSSR count). The number of nitrogens with one attached hydrogen (secondary N) is 1. The minimum atomic E-state index is -0.721. The fourth-order valence-corrected chi connectivity index (χ4v) is 2.47. The highest BCUT2D eigenvalue weighted by atomic mass is 19.1. The number of hydrogen-bond donors (Lipinski definition) is 1. The van der Waals surface area contributed by atoms with E-state index in [0.717, 1.165) is 11.3 Å². The van der Waals surface area contributed by atoms with E-state index in [1.54, 1.807) is 23.7 Å². The van der Waals surface area contributed by atoms with Crippen LogP contribution < -0.4 is 10.1 Å². The number of benzene rings is 2. The third-order valence-corrected chi connectivity index (χ3v) is 3.89. The smallest absolute Gasteiger partial charge is 0.261 e. The Morgan fingerprint density at radius 3 is 2.73 bits per heavy atom. The molecule has 134 valence electrons. The number of halogens is 1. The summed E-state index contributed by atoms with van der Waals surface area (Å²) in [5.41, 5.74) is 2.43. The van der Waals surface area contributed by atoms with E-state index < -0.39 is 6.10 Å². The summed E-state index contributed by atoms with van der Waals surface area (Å²) in [5, 5.41) is 7.14. The van der Waals surface area contributed by atoms with Gasteiger partial charge in [0.05, 0.1) is 5.69 Å². The summed E-state index contributed by atoms with van der Waals surface area (Å²) in [4.78, 5) is 12.2. The molecule has 1 aromatic heterocycles. The Morgan fingerprint density at radius 2 is 2.00 bits per heavy atom. The van der Waals surface area contributed by atoms with E-state index in [4.69, 9.17) is 4.74 Å². The Labute approximate surface area is 151 Å². The van der Waals surface area contributed by atoms with Crippen LogP contribution in [0.2, 0.25) is 0 Å². The number of carbonyl (C=O) groups is 1. The zero-order valence-corrected chi connectivity index (χ0v) is 14.6. The van der Waals surface area contributed by atoms with E-state index in [-0.39, 0.29) is 18.3 Å². The van der Waals surface area contributed by atoms with Gasteiger partial charge in [-0.05, 0) is 43.7 Å². The fraction of sp³-hybridized carbons (Fsp3) is 0.200. The van der Waals surface area contributed by atoms with Gasteiger partial charge in [0.15, 0.2) is 6.10 Å². The van der Waals surface area contributed by atoms with Gasteiger partial charge in [-0.15, -0.1) is 5.10 Å². The molecule has 1 amide bonds. The number of rotatable bonds is 6. The molecular formula is C20H20FN3O2. The summed E-state index contributed by atoms with van der Waals surface area (Å²) in [6.45, 7) is 3.77. The highest BCUT2D eigenvalue weighted by Gasteiger charge is 2.18. The SMILES string of the molecule is Cc1cn(-c2ccccc2)nc1O[C@@H](C)C(=O)NCc1cccc(F)c1. The molecule has 0 unspecified atom stereocenters. The molecule has 0 saturated carbocycles. The molecule has 0 aliphatic rings.